The van der Waals surface area contributed by atoms with Gasteiger partial charge in [-0.15, -0.1) is 0 Å². The van der Waals surface area contributed by atoms with Gasteiger partial charge in [-0.3, -0.25) is 4.90 Å². The van der Waals surface area contributed by atoms with Crippen molar-refractivity contribution in [3.8, 4) is 11.3 Å². The second kappa shape index (κ2) is 10.2. The zero-order chi connectivity index (χ0) is 29.0. The number of imidazole rings is 1. The van der Waals surface area contributed by atoms with Crippen molar-refractivity contribution in [2.75, 3.05) is 32.5 Å². The lowest BCUT2D eigenvalue weighted by atomic mass is 9.99. The first kappa shape index (κ1) is 28.0. The number of fused-ring (bicyclic) bond motifs is 2. The van der Waals surface area contributed by atoms with Crippen LogP contribution < -0.4 is 5.32 Å². The van der Waals surface area contributed by atoms with Gasteiger partial charge in [-0.25, -0.2) is 28.7 Å². The normalized spacial score (nSPS) is 14.7. The number of nitrogens with zero attached hydrogens (tertiary/aromatic N) is 7. The molecule has 5 rings (SSSR count). The Balaban J connectivity index is 1.41. The van der Waals surface area contributed by atoms with Gasteiger partial charge in [-0.05, 0) is 79.4 Å². The predicted molar refractivity (Wildman–Crippen MR) is 155 cm³/mol. The van der Waals surface area contributed by atoms with Crippen molar-refractivity contribution >= 4 is 22.8 Å². The largest absolute Gasteiger partial charge is 0.323 e. The summed E-state index contributed by atoms with van der Waals surface area (Å²) in [5.41, 5.74) is 3.14. The third-order valence-electron chi connectivity index (χ3n) is 7.76. The Kier molecular flexibility index (Phi) is 7.12. The van der Waals surface area contributed by atoms with Crippen LogP contribution in [0.4, 0.5) is 20.5 Å². The minimum Gasteiger partial charge on any atom is -0.323 e. The molecule has 4 heterocycles. The van der Waals surface area contributed by atoms with E-state index in [0.29, 0.717) is 22.7 Å². The summed E-state index contributed by atoms with van der Waals surface area (Å²) < 4.78 is 32.1. The molecule has 0 atom stereocenters. The van der Waals surface area contributed by atoms with Crippen molar-refractivity contribution in [1.82, 2.24) is 34.3 Å². The highest BCUT2D eigenvalue weighted by molar-refractivity contribution is 5.83. The van der Waals surface area contributed by atoms with Crippen molar-refractivity contribution in [3.05, 3.63) is 59.2 Å². The maximum absolute atomic E-state index is 15.1. The second-order valence-corrected chi connectivity index (χ2v) is 12.5. The molecule has 212 valence electrons. The van der Waals surface area contributed by atoms with Crippen LogP contribution in [0.2, 0.25) is 0 Å². The first-order valence-electron chi connectivity index (χ1n) is 13.6. The van der Waals surface area contributed by atoms with Crippen LogP contribution >= 0.6 is 0 Å². The molecule has 8 nitrogen and oxygen atoms in total. The fraction of sp³-hybridized carbons (Fsp3) is 0.467. The summed E-state index contributed by atoms with van der Waals surface area (Å²) in [4.78, 5) is 22.5. The summed E-state index contributed by atoms with van der Waals surface area (Å²) in [6, 6.07) is 6.97. The molecule has 0 fully saturated rings. The van der Waals surface area contributed by atoms with E-state index in [-0.39, 0.29) is 28.2 Å². The summed E-state index contributed by atoms with van der Waals surface area (Å²) >= 11 is 0. The molecule has 1 aliphatic heterocycles. The molecule has 40 heavy (non-hydrogen) atoms. The molecule has 0 saturated heterocycles. The molecular formula is C30H38F2N8. The van der Waals surface area contributed by atoms with E-state index < -0.39 is 11.6 Å². The van der Waals surface area contributed by atoms with Crippen LogP contribution in [0.1, 0.15) is 51.7 Å². The number of nitrogens with one attached hydrogen (secondary N) is 1. The molecule has 10 heteroatoms. The first-order chi connectivity index (χ1) is 18.7. The van der Waals surface area contributed by atoms with Gasteiger partial charge in [0.25, 0.3) is 0 Å². The molecule has 1 N–H and O–H groups in total. The smallest absolute Gasteiger partial charge is 0.229 e. The summed E-state index contributed by atoms with van der Waals surface area (Å²) in [6.07, 6.45) is 1.94. The van der Waals surface area contributed by atoms with E-state index in [1.54, 1.807) is 6.07 Å². The minimum atomic E-state index is -0.637. The van der Waals surface area contributed by atoms with Gasteiger partial charge in [0.05, 0.1) is 11.7 Å². The monoisotopic (exact) mass is 548 g/mol. The van der Waals surface area contributed by atoms with E-state index in [1.807, 2.05) is 38.3 Å². The van der Waals surface area contributed by atoms with Gasteiger partial charge < -0.3 is 14.8 Å². The van der Waals surface area contributed by atoms with Gasteiger partial charge in [0.15, 0.2) is 11.6 Å². The maximum Gasteiger partial charge on any atom is 0.229 e. The van der Waals surface area contributed by atoms with Gasteiger partial charge in [0.1, 0.15) is 22.9 Å². The SMILES string of the molecule is Cc1nc2c(F)cc(-c3nc(Nc4ccc5c(n4)CCN(CC(C)(C)N(C)C)C5)ncc3F)cc2n1C(C)(C)C. The number of anilines is 2. The van der Waals surface area contributed by atoms with Crippen LogP contribution in [0.5, 0.6) is 0 Å². The van der Waals surface area contributed by atoms with Crippen molar-refractivity contribution in [2.24, 2.45) is 0 Å². The number of aryl methyl sites for hydroxylation is 1. The molecule has 0 saturated carbocycles. The third-order valence-corrected chi connectivity index (χ3v) is 7.76. The number of aromatic nitrogens is 5. The molecule has 0 unspecified atom stereocenters. The topological polar surface area (TPSA) is 75.0 Å². The van der Waals surface area contributed by atoms with E-state index in [0.717, 1.165) is 37.9 Å². The third kappa shape index (κ3) is 5.42. The number of hydrogen-bond acceptors (Lipinski definition) is 7. The fourth-order valence-corrected chi connectivity index (χ4v) is 5.35. The van der Waals surface area contributed by atoms with E-state index in [2.05, 4.69) is 64.1 Å². The number of hydrogen-bond donors (Lipinski definition) is 1. The number of likely N-dealkylation sites (N-methyl/N-ethyl adjacent to an activating group) is 1. The molecule has 1 aliphatic rings. The van der Waals surface area contributed by atoms with Crippen LogP contribution in [0.15, 0.2) is 30.5 Å². The highest BCUT2D eigenvalue weighted by Gasteiger charge is 2.27. The lowest BCUT2D eigenvalue weighted by Gasteiger charge is -2.39. The van der Waals surface area contributed by atoms with Crippen molar-refractivity contribution < 1.29 is 8.78 Å². The Hall–Kier alpha value is -3.50. The highest BCUT2D eigenvalue weighted by atomic mass is 19.1. The lowest BCUT2D eigenvalue weighted by Crippen LogP contribution is -2.49. The Morgan fingerprint density at radius 3 is 2.45 bits per heavy atom. The quantitative estimate of drug-likeness (QED) is 0.333. The molecular weight excluding hydrogens is 510 g/mol. The molecule has 4 aromatic rings. The molecule has 0 amide bonds. The number of benzene rings is 1. The minimum absolute atomic E-state index is 0.00900. The van der Waals surface area contributed by atoms with Crippen molar-refractivity contribution in [1.29, 1.82) is 0 Å². The summed E-state index contributed by atoms with van der Waals surface area (Å²) in [7, 11) is 4.22. The highest BCUT2D eigenvalue weighted by Crippen LogP contribution is 2.32. The van der Waals surface area contributed by atoms with Crippen LogP contribution in [0.25, 0.3) is 22.3 Å². The number of halogens is 2. The second-order valence-electron chi connectivity index (χ2n) is 12.5. The summed E-state index contributed by atoms with van der Waals surface area (Å²) in [5.74, 6) is 0.302. The average Bonchev–Trinajstić information content (AvgIpc) is 3.22. The van der Waals surface area contributed by atoms with Crippen molar-refractivity contribution in [3.63, 3.8) is 0 Å². The molecule has 0 radical (unpaired) electrons. The lowest BCUT2D eigenvalue weighted by molar-refractivity contribution is 0.110. The van der Waals surface area contributed by atoms with Crippen LogP contribution in [0, 0.1) is 18.6 Å². The Labute approximate surface area is 234 Å². The van der Waals surface area contributed by atoms with Crippen LogP contribution in [0.3, 0.4) is 0 Å². The van der Waals surface area contributed by atoms with Crippen LogP contribution in [-0.2, 0) is 18.5 Å². The zero-order valence-electron chi connectivity index (χ0n) is 24.6. The van der Waals surface area contributed by atoms with E-state index >= 15 is 4.39 Å². The standard InChI is InChI=1S/C30H38F2N8/c1-18-34-27-21(31)13-20(14-24(27)40(18)29(2,3)4)26-22(32)15-33-28(37-26)36-25-10-9-19-16-39(12-11-23(19)35-25)17-30(5,6)38(7)8/h9-10,13-15H,11-12,16-17H2,1-8H3,(H,33,35,36,37). The average molecular weight is 549 g/mol. The van der Waals surface area contributed by atoms with E-state index in [9.17, 15) is 4.39 Å². The first-order valence-corrected chi connectivity index (χ1v) is 13.6. The maximum atomic E-state index is 15.1. The number of rotatable bonds is 6. The van der Waals surface area contributed by atoms with Gasteiger partial charge in [0, 0.05) is 48.4 Å². The van der Waals surface area contributed by atoms with Crippen LogP contribution in [-0.4, -0.2) is 67.0 Å². The van der Waals surface area contributed by atoms with E-state index in [4.69, 9.17) is 4.98 Å². The summed E-state index contributed by atoms with van der Waals surface area (Å²) in [6.45, 7) is 15.1. The Bertz CT molecular complexity index is 1570. The van der Waals surface area contributed by atoms with Gasteiger partial charge in [-0.2, -0.15) is 0 Å². The van der Waals surface area contributed by atoms with Gasteiger partial charge in [0.2, 0.25) is 5.95 Å². The molecule has 3 aromatic heterocycles. The molecule has 0 aliphatic carbocycles. The zero-order valence-corrected chi connectivity index (χ0v) is 24.6. The fourth-order valence-electron chi connectivity index (χ4n) is 5.35. The molecule has 0 bridgehead atoms. The molecule has 0 spiro atoms. The van der Waals surface area contributed by atoms with Gasteiger partial charge in [-0.1, -0.05) is 6.07 Å². The Morgan fingerprint density at radius 1 is 1.00 bits per heavy atom. The van der Waals surface area contributed by atoms with Crippen molar-refractivity contribution in [2.45, 2.75) is 65.6 Å². The summed E-state index contributed by atoms with van der Waals surface area (Å²) in [5, 5.41) is 3.12. The van der Waals surface area contributed by atoms with Gasteiger partial charge >= 0.3 is 0 Å². The molecule has 1 aromatic carbocycles. The predicted octanol–water partition coefficient (Wildman–Crippen LogP) is 5.67. The van der Waals surface area contributed by atoms with E-state index in [1.165, 1.54) is 11.6 Å². The Morgan fingerprint density at radius 2 is 1.75 bits per heavy atom. The number of pyridine rings is 1.